The van der Waals surface area contributed by atoms with Crippen LogP contribution in [0.15, 0.2) is 30.3 Å². The van der Waals surface area contributed by atoms with Crippen LogP contribution in [-0.2, 0) is 11.3 Å². The zero-order chi connectivity index (χ0) is 12.8. The smallest absolute Gasteiger partial charge is 0.407 e. The van der Waals surface area contributed by atoms with Crippen molar-refractivity contribution < 1.29 is 13.9 Å². The summed E-state index contributed by atoms with van der Waals surface area (Å²) in [6.45, 7) is 1.17. The van der Waals surface area contributed by atoms with E-state index in [1.165, 1.54) is 0 Å². The minimum absolute atomic E-state index is 0.197. The summed E-state index contributed by atoms with van der Waals surface area (Å²) in [5, 5.41) is 5.57. The summed E-state index contributed by atoms with van der Waals surface area (Å²) < 4.78 is 18.1. The molecule has 0 saturated carbocycles. The van der Waals surface area contributed by atoms with Gasteiger partial charge in [-0.1, -0.05) is 30.3 Å². The summed E-state index contributed by atoms with van der Waals surface area (Å²) in [7, 11) is 0. The Morgan fingerprint density at radius 3 is 2.89 bits per heavy atom. The molecule has 0 bridgehead atoms. The van der Waals surface area contributed by atoms with Crippen LogP contribution < -0.4 is 10.6 Å². The van der Waals surface area contributed by atoms with E-state index in [0.29, 0.717) is 19.5 Å². The first-order valence-electron chi connectivity index (χ1n) is 6.06. The van der Waals surface area contributed by atoms with Crippen LogP contribution in [0.4, 0.5) is 9.18 Å². The maximum atomic E-state index is 13.1. The van der Waals surface area contributed by atoms with Crippen molar-refractivity contribution in [1.82, 2.24) is 10.6 Å². The zero-order valence-corrected chi connectivity index (χ0v) is 10.1. The molecular formula is C13H17FN2O2. The van der Waals surface area contributed by atoms with Crippen molar-refractivity contribution in [1.29, 1.82) is 0 Å². The lowest BCUT2D eigenvalue weighted by Gasteiger charge is -2.26. The average molecular weight is 252 g/mol. The summed E-state index contributed by atoms with van der Waals surface area (Å²) in [5.41, 5.74) is 0.929. The number of ether oxygens (including phenoxy) is 1. The SMILES string of the molecule is O=C(NC1CNCC(F)C1)OCc1ccccc1. The zero-order valence-electron chi connectivity index (χ0n) is 10.1. The third kappa shape index (κ3) is 4.00. The molecule has 5 heteroatoms. The van der Waals surface area contributed by atoms with Crippen LogP contribution in [0.2, 0.25) is 0 Å². The molecule has 2 atom stereocenters. The normalized spacial score (nSPS) is 23.4. The van der Waals surface area contributed by atoms with Gasteiger partial charge in [0.1, 0.15) is 12.8 Å². The van der Waals surface area contributed by atoms with Crippen LogP contribution >= 0.6 is 0 Å². The van der Waals surface area contributed by atoms with E-state index < -0.39 is 12.3 Å². The Labute approximate surface area is 106 Å². The fourth-order valence-corrected chi connectivity index (χ4v) is 1.93. The van der Waals surface area contributed by atoms with Crippen LogP contribution in [0, 0.1) is 0 Å². The number of halogens is 1. The van der Waals surface area contributed by atoms with Gasteiger partial charge in [-0.3, -0.25) is 0 Å². The van der Waals surface area contributed by atoms with Crippen LogP contribution in [-0.4, -0.2) is 31.4 Å². The highest BCUT2D eigenvalue weighted by Crippen LogP contribution is 2.07. The lowest BCUT2D eigenvalue weighted by atomic mass is 10.1. The van der Waals surface area contributed by atoms with Gasteiger partial charge in [0.05, 0.1) is 0 Å². The van der Waals surface area contributed by atoms with Crippen molar-refractivity contribution in [3.05, 3.63) is 35.9 Å². The van der Waals surface area contributed by atoms with E-state index in [-0.39, 0.29) is 12.6 Å². The lowest BCUT2D eigenvalue weighted by Crippen LogP contribution is -2.49. The van der Waals surface area contributed by atoms with Crippen molar-refractivity contribution in [2.24, 2.45) is 0 Å². The quantitative estimate of drug-likeness (QED) is 0.859. The Morgan fingerprint density at radius 1 is 1.39 bits per heavy atom. The number of carbonyl (C=O) groups excluding carboxylic acids is 1. The Hall–Kier alpha value is -1.62. The number of amides is 1. The molecular weight excluding hydrogens is 235 g/mol. The number of carbonyl (C=O) groups is 1. The van der Waals surface area contributed by atoms with Gasteiger partial charge in [-0.15, -0.1) is 0 Å². The molecule has 2 N–H and O–H groups in total. The van der Waals surface area contributed by atoms with E-state index in [1.54, 1.807) is 0 Å². The van der Waals surface area contributed by atoms with E-state index in [0.717, 1.165) is 5.56 Å². The number of hydrogen-bond acceptors (Lipinski definition) is 3. The van der Waals surface area contributed by atoms with Crippen molar-refractivity contribution in [2.75, 3.05) is 13.1 Å². The highest BCUT2D eigenvalue weighted by Gasteiger charge is 2.22. The number of nitrogens with one attached hydrogen (secondary N) is 2. The average Bonchev–Trinajstić information content (AvgIpc) is 2.38. The molecule has 0 radical (unpaired) electrons. The molecule has 1 fully saturated rings. The molecule has 2 rings (SSSR count). The van der Waals surface area contributed by atoms with Gasteiger partial charge >= 0.3 is 6.09 Å². The van der Waals surface area contributed by atoms with Gasteiger partial charge in [0.25, 0.3) is 0 Å². The molecule has 1 saturated heterocycles. The highest BCUT2D eigenvalue weighted by molar-refractivity contribution is 5.67. The Bertz CT molecular complexity index is 386. The second kappa shape index (κ2) is 6.35. The first-order valence-corrected chi connectivity index (χ1v) is 6.06. The van der Waals surface area contributed by atoms with E-state index >= 15 is 0 Å². The third-order valence-corrected chi connectivity index (χ3v) is 2.83. The topological polar surface area (TPSA) is 50.4 Å². The van der Waals surface area contributed by atoms with Gasteiger partial charge in [0.15, 0.2) is 0 Å². The summed E-state index contributed by atoms with van der Waals surface area (Å²) in [4.78, 5) is 11.5. The molecule has 2 unspecified atom stereocenters. The number of rotatable bonds is 3. The van der Waals surface area contributed by atoms with E-state index in [9.17, 15) is 9.18 Å². The first-order chi connectivity index (χ1) is 8.74. The standard InChI is InChI=1S/C13H17FN2O2/c14-11-6-12(8-15-7-11)16-13(17)18-9-10-4-2-1-3-5-10/h1-5,11-12,15H,6-9H2,(H,16,17). The largest absolute Gasteiger partial charge is 0.445 e. The summed E-state index contributed by atoms with van der Waals surface area (Å²) in [6, 6.07) is 9.24. The summed E-state index contributed by atoms with van der Waals surface area (Å²) >= 11 is 0. The van der Waals surface area contributed by atoms with Gasteiger partial charge in [0, 0.05) is 25.6 Å². The molecule has 4 nitrogen and oxygen atoms in total. The fraction of sp³-hybridized carbons (Fsp3) is 0.462. The third-order valence-electron chi connectivity index (χ3n) is 2.83. The van der Waals surface area contributed by atoms with E-state index in [2.05, 4.69) is 10.6 Å². The first kappa shape index (κ1) is 12.8. The van der Waals surface area contributed by atoms with Crippen molar-refractivity contribution in [3.8, 4) is 0 Å². The highest BCUT2D eigenvalue weighted by atomic mass is 19.1. The minimum atomic E-state index is -0.904. The predicted molar refractivity (Wildman–Crippen MR) is 65.9 cm³/mol. The Kier molecular flexibility index (Phi) is 4.52. The molecule has 98 valence electrons. The number of alkyl halides is 1. The van der Waals surface area contributed by atoms with Crippen molar-refractivity contribution in [3.63, 3.8) is 0 Å². The maximum Gasteiger partial charge on any atom is 0.407 e. The van der Waals surface area contributed by atoms with Gasteiger partial charge in [0.2, 0.25) is 0 Å². The summed E-state index contributed by atoms with van der Waals surface area (Å²) in [5.74, 6) is 0. The minimum Gasteiger partial charge on any atom is -0.445 e. The van der Waals surface area contributed by atoms with Gasteiger partial charge in [-0.05, 0) is 5.56 Å². The number of piperidine rings is 1. The molecule has 1 aliphatic heterocycles. The molecule has 1 heterocycles. The maximum absolute atomic E-state index is 13.1. The number of hydrogen-bond donors (Lipinski definition) is 2. The molecule has 1 amide bonds. The molecule has 0 aliphatic carbocycles. The molecule has 1 aromatic carbocycles. The van der Waals surface area contributed by atoms with Gasteiger partial charge < -0.3 is 15.4 Å². The van der Waals surface area contributed by atoms with Gasteiger partial charge in [-0.2, -0.15) is 0 Å². The van der Waals surface area contributed by atoms with Crippen molar-refractivity contribution >= 4 is 6.09 Å². The predicted octanol–water partition coefficient (Wildman–Crippen LogP) is 1.61. The van der Waals surface area contributed by atoms with Crippen molar-refractivity contribution in [2.45, 2.75) is 25.2 Å². The molecule has 1 aromatic rings. The second-order valence-corrected chi connectivity index (χ2v) is 4.39. The Balaban J connectivity index is 1.72. The molecule has 1 aliphatic rings. The van der Waals surface area contributed by atoms with Crippen LogP contribution in [0.3, 0.4) is 0 Å². The van der Waals surface area contributed by atoms with Crippen LogP contribution in [0.5, 0.6) is 0 Å². The molecule has 18 heavy (non-hydrogen) atoms. The van der Waals surface area contributed by atoms with Gasteiger partial charge in [-0.25, -0.2) is 9.18 Å². The molecule has 0 spiro atoms. The van der Waals surface area contributed by atoms with Crippen LogP contribution in [0.25, 0.3) is 0 Å². The van der Waals surface area contributed by atoms with E-state index in [4.69, 9.17) is 4.74 Å². The lowest BCUT2D eigenvalue weighted by molar-refractivity contribution is 0.129. The summed E-state index contributed by atoms with van der Waals surface area (Å²) in [6.07, 6.45) is -1.06. The fourth-order valence-electron chi connectivity index (χ4n) is 1.93. The number of benzene rings is 1. The Morgan fingerprint density at radius 2 is 2.17 bits per heavy atom. The van der Waals surface area contributed by atoms with Crippen LogP contribution in [0.1, 0.15) is 12.0 Å². The second-order valence-electron chi connectivity index (χ2n) is 4.39. The monoisotopic (exact) mass is 252 g/mol. The molecule has 0 aromatic heterocycles. The van der Waals surface area contributed by atoms with E-state index in [1.807, 2.05) is 30.3 Å². The number of alkyl carbamates (subject to hydrolysis) is 1.